The van der Waals surface area contributed by atoms with Crippen molar-refractivity contribution in [2.24, 2.45) is 0 Å². The van der Waals surface area contributed by atoms with E-state index in [1.165, 1.54) is 22.4 Å². The molecule has 36 heteroatoms. The predicted octanol–water partition coefficient (Wildman–Crippen LogP) is -3.05. The zero-order valence-corrected chi connectivity index (χ0v) is 38.3. The molecule has 0 spiro atoms. The van der Waals surface area contributed by atoms with Crippen molar-refractivity contribution >= 4 is 73.4 Å². The molecule has 0 unspecified atom stereocenters. The monoisotopic (exact) mass is 1020 g/mol. The molecule has 0 amide bonds. The fraction of sp³-hybridized carbons (Fsp3) is 0.417. The highest BCUT2D eigenvalue weighted by atomic mass is 35.5. The van der Waals surface area contributed by atoms with Crippen LogP contribution in [-0.2, 0) is 62.0 Å². The molecule has 0 saturated heterocycles. The molecule has 0 aliphatic heterocycles. The van der Waals surface area contributed by atoms with Gasteiger partial charge in [-0.25, -0.2) is 47.7 Å². The molecule has 0 aliphatic rings. The van der Waals surface area contributed by atoms with Crippen molar-refractivity contribution < 1.29 is 112 Å². The highest BCUT2D eigenvalue weighted by molar-refractivity contribution is 7.60. The Morgan fingerprint density at radius 1 is 0.650 bits per heavy atom. The lowest BCUT2D eigenvalue weighted by Crippen LogP contribution is -3.00. The van der Waals surface area contributed by atoms with E-state index in [9.17, 15) is 22.8 Å². The Balaban J connectivity index is 0. The van der Waals surface area contributed by atoms with Crippen molar-refractivity contribution in [3.63, 3.8) is 0 Å². The fourth-order valence-corrected chi connectivity index (χ4v) is 7.79. The second-order valence-corrected chi connectivity index (χ2v) is 19.1. The van der Waals surface area contributed by atoms with Gasteiger partial charge in [-0.1, -0.05) is 11.3 Å². The molecule has 0 saturated carbocycles. The van der Waals surface area contributed by atoms with Gasteiger partial charge in [-0.2, -0.15) is 13.2 Å². The smallest absolute Gasteiger partial charge is 0.478 e. The van der Waals surface area contributed by atoms with Crippen LogP contribution in [0.2, 0.25) is 0 Å². The van der Waals surface area contributed by atoms with Crippen LogP contribution < -0.4 is 28.4 Å². The van der Waals surface area contributed by atoms with Gasteiger partial charge in [0.1, 0.15) is 23.3 Å². The van der Waals surface area contributed by atoms with Crippen molar-refractivity contribution in [2.45, 2.75) is 53.7 Å². The van der Waals surface area contributed by atoms with Crippen LogP contribution in [0.25, 0.3) is 0 Å². The van der Waals surface area contributed by atoms with Gasteiger partial charge in [-0.05, 0) is 20.8 Å². The Morgan fingerprint density at radius 3 is 1.43 bits per heavy atom. The predicted molar refractivity (Wildman–Crippen MR) is 206 cm³/mol. The van der Waals surface area contributed by atoms with E-state index < -0.39 is 39.1 Å². The number of nitrogens with zero attached hydrogens (tertiary/aromatic N) is 6. The van der Waals surface area contributed by atoms with Crippen LogP contribution in [0.3, 0.4) is 0 Å². The number of phosphoric acid groups is 5. The number of nitrogen functional groups attached to an aromatic ring is 2. The Bertz CT molecular complexity index is 2080. The molecule has 60 heavy (non-hydrogen) atoms. The molecule has 4 aromatic rings. The molecule has 4 heterocycles. The summed E-state index contributed by atoms with van der Waals surface area (Å²) in [6.45, 7) is 8.23. The Hall–Kier alpha value is -2.14. The number of halogens is 1. The minimum absolute atomic E-state index is 0. The van der Waals surface area contributed by atoms with Gasteiger partial charge in [0, 0.05) is 49.2 Å². The first kappa shape index (κ1) is 60.0. The third-order valence-electron chi connectivity index (χ3n) is 5.90. The third kappa shape index (κ3) is 30.0. The summed E-state index contributed by atoms with van der Waals surface area (Å²) in [7, 11) is -24.5. The number of phosphoric ester groups is 1. The van der Waals surface area contributed by atoms with Crippen LogP contribution in [0, 0.1) is 27.7 Å². The third-order valence-corrected chi connectivity index (χ3v) is 12.0. The first-order valence-electron chi connectivity index (χ1n) is 15.3. The first-order valence-corrected chi connectivity index (χ1v) is 24.7. The van der Waals surface area contributed by atoms with Crippen LogP contribution >= 0.6 is 61.8 Å². The standard InChI is InChI=1S/C12H17N4OS.C6H9N3O.C6H10NO4PS.ClH.2H4O7P2/c1-8-11(3-4-17)18-7-16(8)6-10-5-14-9(2)15-12(10)13;1-4-8-2-5(3-10)6(7)9-4;1-5-6(13-4-7-5)2-3-11-12(8,9)10;;2*1-8(2,3)7-9(4,5)6/h5,7,17H,3-4,6H2,1-2H3,(H2,13,14,15);2,10H,3H2,1H3,(H2,7,8,9);4H,2-3H2,1H3,(H2,8,9,10);1H;2*(H2,1,2,3)(H2,4,5,6)/q+1;;;;;/p-1. The maximum absolute atomic E-state index is 10.3. The number of aliphatic hydroxyl groups is 2. The summed E-state index contributed by atoms with van der Waals surface area (Å²) in [4.78, 5) is 101. The molecule has 28 nitrogen and oxygen atoms in total. The van der Waals surface area contributed by atoms with Gasteiger partial charge in [-0.15, -0.1) is 11.3 Å². The average molecular weight is 1020 g/mol. The zero-order valence-electron chi connectivity index (χ0n) is 31.5. The largest absolute Gasteiger partial charge is 1.00 e. The van der Waals surface area contributed by atoms with Crippen molar-refractivity contribution in [3.05, 3.63) is 67.3 Å². The number of aromatic nitrogens is 6. The molecular weight excluding hydrogens is 975 g/mol. The first-order chi connectivity index (χ1) is 26.8. The second-order valence-electron chi connectivity index (χ2n) is 10.7. The number of hydrogen-bond donors (Lipinski definition) is 14. The molecule has 344 valence electrons. The maximum Gasteiger partial charge on any atom is 0.478 e. The summed E-state index contributed by atoms with van der Waals surface area (Å²) in [5, 5.41) is 17.6. The van der Waals surface area contributed by atoms with Crippen LogP contribution in [0.15, 0.2) is 23.4 Å². The fourth-order valence-electron chi connectivity index (χ4n) is 3.50. The van der Waals surface area contributed by atoms with Gasteiger partial charge in [0.25, 0.3) is 0 Å². The normalized spacial score (nSPS) is 11.6. The minimum atomic E-state index is -5.05. The number of anilines is 2. The topological polar surface area (TPSA) is 476 Å². The molecule has 0 fully saturated rings. The Morgan fingerprint density at radius 2 is 1.10 bits per heavy atom. The van der Waals surface area contributed by atoms with Crippen LogP contribution in [0.4, 0.5) is 11.6 Å². The summed E-state index contributed by atoms with van der Waals surface area (Å²) >= 11 is 3.11. The lowest BCUT2D eigenvalue weighted by atomic mass is 10.2. The summed E-state index contributed by atoms with van der Waals surface area (Å²) < 4.78 is 61.1. The van der Waals surface area contributed by atoms with Crippen LogP contribution in [-0.4, -0.2) is 97.3 Å². The van der Waals surface area contributed by atoms with Gasteiger partial charge < -0.3 is 83.0 Å². The molecule has 0 atom stereocenters. The van der Waals surface area contributed by atoms with Crippen molar-refractivity contribution in [1.29, 1.82) is 0 Å². The summed E-state index contributed by atoms with van der Waals surface area (Å²) in [5.41, 5.74) is 18.6. The highest BCUT2D eigenvalue weighted by Gasteiger charge is 2.28. The number of nitrogens with two attached hydrogens (primary N) is 2. The number of rotatable bonds is 13. The van der Waals surface area contributed by atoms with Gasteiger partial charge >= 0.3 is 39.1 Å². The number of thiazole rings is 2. The van der Waals surface area contributed by atoms with Gasteiger partial charge in [0.2, 0.25) is 5.51 Å². The zero-order chi connectivity index (χ0) is 46.0. The lowest BCUT2D eigenvalue weighted by molar-refractivity contribution is -0.689. The van der Waals surface area contributed by atoms with E-state index in [1.807, 2.05) is 26.3 Å². The van der Waals surface area contributed by atoms with E-state index in [0.717, 1.165) is 21.8 Å². The van der Waals surface area contributed by atoms with E-state index >= 15 is 0 Å². The summed E-state index contributed by atoms with van der Waals surface area (Å²) in [5.74, 6) is 2.19. The second kappa shape index (κ2) is 27.1. The molecular formula is C24H44ClN8O20P5S2. The molecule has 16 N–H and O–H groups in total. The molecule has 0 aromatic carbocycles. The summed E-state index contributed by atoms with van der Waals surface area (Å²) in [6, 6.07) is 0. The van der Waals surface area contributed by atoms with E-state index in [0.29, 0.717) is 48.2 Å². The Kier molecular flexibility index (Phi) is 27.1. The Labute approximate surface area is 355 Å². The van der Waals surface area contributed by atoms with Crippen molar-refractivity contribution in [3.8, 4) is 0 Å². The number of hydrogen-bond acceptors (Lipinski definition) is 19. The van der Waals surface area contributed by atoms with Gasteiger partial charge in [-0.3, -0.25) is 4.52 Å². The number of aryl methyl sites for hydroxylation is 3. The SMILES string of the molecule is Cc1ncc(CO)c(N)n1.Cc1ncc(C[n+]2csc(CCO)c2C)c(N)n1.Cc1ncsc1CCOP(=O)(O)O.O=P(O)(O)OP(=O)(O)O.O=P(O)(O)OP(=O)(O)O.[Cl-]. The van der Waals surface area contributed by atoms with Crippen LogP contribution in [0.5, 0.6) is 0 Å². The van der Waals surface area contributed by atoms with Gasteiger partial charge in [0.15, 0.2) is 12.2 Å². The summed E-state index contributed by atoms with van der Waals surface area (Å²) in [6.07, 6.45) is 4.48. The molecule has 4 rings (SSSR count). The van der Waals surface area contributed by atoms with E-state index in [-0.39, 0.29) is 32.2 Å². The minimum Gasteiger partial charge on any atom is -1.00 e. The lowest BCUT2D eigenvalue weighted by Gasteiger charge is -2.03. The van der Waals surface area contributed by atoms with E-state index in [2.05, 4.69) is 42.6 Å². The van der Waals surface area contributed by atoms with Crippen molar-refractivity contribution in [1.82, 2.24) is 24.9 Å². The maximum atomic E-state index is 10.3. The van der Waals surface area contributed by atoms with Crippen LogP contribution in [0.1, 0.15) is 43.9 Å². The molecule has 0 radical (unpaired) electrons. The van der Waals surface area contributed by atoms with Gasteiger partial charge in [0.05, 0.1) is 34.9 Å². The molecule has 4 aromatic heterocycles. The molecule has 0 aliphatic carbocycles. The highest BCUT2D eigenvalue weighted by Crippen LogP contribution is 2.54. The molecule has 0 bridgehead atoms. The van der Waals surface area contributed by atoms with Crippen molar-refractivity contribution in [2.75, 3.05) is 24.7 Å². The van der Waals surface area contributed by atoms with E-state index in [1.54, 1.807) is 30.0 Å². The quantitative estimate of drug-likeness (QED) is 0.0467. The van der Waals surface area contributed by atoms with E-state index in [4.69, 9.17) is 70.6 Å². The average Bonchev–Trinajstić information content (AvgIpc) is 3.60. The number of aliphatic hydroxyl groups excluding tert-OH is 2.